The molecule has 0 radical (unpaired) electrons. The Labute approximate surface area is 201 Å². The molecule has 0 bridgehead atoms. The number of aromatic nitrogens is 2. The highest BCUT2D eigenvalue weighted by Crippen LogP contribution is 2.28. The fourth-order valence-electron chi connectivity index (χ4n) is 3.66. The molecule has 0 atom stereocenters. The van der Waals surface area contributed by atoms with Crippen molar-refractivity contribution in [3.63, 3.8) is 0 Å². The molecule has 0 aliphatic heterocycles. The zero-order chi connectivity index (χ0) is 24.8. The van der Waals surface area contributed by atoms with Crippen LogP contribution in [-0.2, 0) is 24.4 Å². The lowest BCUT2D eigenvalue weighted by molar-refractivity contribution is -0.136. The van der Waals surface area contributed by atoms with Crippen LogP contribution in [0.15, 0.2) is 60.7 Å². The van der Waals surface area contributed by atoms with Crippen LogP contribution in [0, 0.1) is 13.8 Å². The summed E-state index contributed by atoms with van der Waals surface area (Å²) in [5, 5.41) is 27.8. The summed E-state index contributed by atoms with van der Waals surface area (Å²) >= 11 is 5.88. The third kappa shape index (κ3) is 5.69. The van der Waals surface area contributed by atoms with Gasteiger partial charge in [0.05, 0.1) is 36.5 Å². The van der Waals surface area contributed by atoms with Gasteiger partial charge in [0.25, 0.3) is 5.91 Å². The normalized spacial score (nSPS) is 10.6. The van der Waals surface area contributed by atoms with E-state index in [4.69, 9.17) is 21.8 Å². The van der Waals surface area contributed by atoms with Crippen LogP contribution in [0.1, 0.15) is 38.6 Å². The molecule has 0 saturated carbocycles. The first-order valence-corrected chi connectivity index (χ1v) is 10.9. The predicted octanol–water partition coefficient (Wildman–Crippen LogP) is 4.29. The van der Waals surface area contributed by atoms with Gasteiger partial charge in [-0.15, -0.1) is 0 Å². The van der Waals surface area contributed by atoms with E-state index in [1.807, 2.05) is 25.1 Å². The van der Waals surface area contributed by atoms with Gasteiger partial charge in [0.2, 0.25) is 0 Å². The van der Waals surface area contributed by atoms with E-state index in [1.54, 1.807) is 54.0 Å². The first kappa shape index (κ1) is 25.1. The van der Waals surface area contributed by atoms with Gasteiger partial charge >= 0.3 is 5.97 Å². The molecule has 3 N–H and O–H groups in total. The number of hydrogen-bond acceptors (Lipinski definition) is 5. The minimum Gasteiger partial charge on any atom is -0.481 e. The molecule has 7 nitrogen and oxygen atoms in total. The topological polar surface area (TPSA) is 113 Å². The number of carbonyl (C=O) groups excluding carboxylic acids is 1. The molecule has 0 spiro atoms. The van der Waals surface area contributed by atoms with Crippen LogP contribution in [-0.4, -0.2) is 36.7 Å². The van der Waals surface area contributed by atoms with Gasteiger partial charge in [-0.25, -0.2) is 0 Å². The number of aliphatic carboxylic acids is 1. The van der Waals surface area contributed by atoms with Crippen molar-refractivity contribution < 1.29 is 24.9 Å². The Morgan fingerprint density at radius 1 is 0.941 bits per heavy atom. The van der Waals surface area contributed by atoms with Crippen LogP contribution in [0.3, 0.4) is 0 Å². The number of pyridine rings is 1. The van der Waals surface area contributed by atoms with Crippen LogP contribution < -0.4 is 0 Å². The summed E-state index contributed by atoms with van der Waals surface area (Å²) in [7, 11) is 0. The second kappa shape index (κ2) is 11.1. The maximum Gasteiger partial charge on any atom is 0.307 e. The Balaban J connectivity index is 0.000000271. The van der Waals surface area contributed by atoms with Crippen molar-refractivity contribution in [1.82, 2.24) is 9.55 Å². The molecule has 34 heavy (non-hydrogen) atoms. The molecule has 176 valence electrons. The van der Waals surface area contributed by atoms with Crippen molar-refractivity contribution in [2.75, 3.05) is 0 Å². The lowest BCUT2D eigenvalue weighted by atomic mass is 10.1. The molecule has 4 rings (SSSR count). The summed E-state index contributed by atoms with van der Waals surface area (Å²) < 4.78 is 1.58. The first-order valence-electron chi connectivity index (χ1n) is 10.5. The van der Waals surface area contributed by atoms with Gasteiger partial charge < -0.3 is 15.3 Å². The van der Waals surface area contributed by atoms with E-state index in [-0.39, 0.29) is 25.5 Å². The van der Waals surface area contributed by atoms with Crippen molar-refractivity contribution in [3.05, 3.63) is 99.5 Å². The minimum atomic E-state index is -0.919. The highest BCUT2D eigenvalue weighted by Gasteiger charge is 2.21. The summed E-state index contributed by atoms with van der Waals surface area (Å²) in [6.45, 7) is 3.57. The molecular formula is C26H25ClN2O5. The zero-order valence-corrected chi connectivity index (χ0v) is 19.6. The summed E-state index contributed by atoms with van der Waals surface area (Å²) in [4.78, 5) is 28.1. The average Bonchev–Trinajstić information content (AvgIpc) is 3.09. The standard InChI is InChI=1S/C19H16ClNO3.C7H9NO2/c1-11-3-8-17-16(9-11)15(10-18(22)23)12(2)21(17)19(24)13-4-6-14(20)7-5-13;9-4-6-2-1-3-7(5-10)8-6/h3-9H,10H2,1-2H3,(H,22,23);1-3,9-10H,4-5H2. The molecule has 0 unspecified atom stereocenters. The Morgan fingerprint density at radius 3 is 2.12 bits per heavy atom. The number of hydrogen-bond donors (Lipinski definition) is 3. The van der Waals surface area contributed by atoms with Crippen LogP contribution in [0.5, 0.6) is 0 Å². The maximum atomic E-state index is 12.9. The van der Waals surface area contributed by atoms with Crippen molar-refractivity contribution >= 4 is 34.4 Å². The Bertz CT molecular complexity index is 1310. The smallest absolute Gasteiger partial charge is 0.307 e. The number of rotatable bonds is 5. The van der Waals surface area contributed by atoms with Crippen LogP contribution in [0.4, 0.5) is 0 Å². The lowest BCUT2D eigenvalue weighted by Crippen LogP contribution is -2.14. The Morgan fingerprint density at radius 2 is 1.56 bits per heavy atom. The number of halogens is 1. The van der Waals surface area contributed by atoms with E-state index >= 15 is 0 Å². The number of fused-ring (bicyclic) bond motifs is 1. The Hall–Kier alpha value is -3.52. The monoisotopic (exact) mass is 480 g/mol. The lowest BCUT2D eigenvalue weighted by Gasteiger charge is -2.07. The molecule has 2 heterocycles. The van der Waals surface area contributed by atoms with Crippen molar-refractivity contribution in [2.24, 2.45) is 0 Å². The molecule has 0 amide bonds. The van der Waals surface area contributed by atoms with Gasteiger partial charge in [0, 0.05) is 21.7 Å². The van der Waals surface area contributed by atoms with E-state index in [2.05, 4.69) is 4.98 Å². The number of aliphatic hydroxyl groups is 2. The summed E-state index contributed by atoms with van der Waals surface area (Å²) in [5.74, 6) is -1.12. The quantitative estimate of drug-likeness (QED) is 0.392. The third-order valence-corrected chi connectivity index (χ3v) is 5.55. The molecule has 4 aromatic rings. The van der Waals surface area contributed by atoms with Crippen molar-refractivity contribution in [2.45, 2.75) is 33.5 Å². The zero-order valence-electron chi connectivity index (χ0n) is 18.8. The fraction of sp³-hybridized carbons (Fsp3) is 0.192. The number of aliphatic hydroxyl groups excluding tert-OH is 2. The number of nitrogens with zero attached hydrogens (tertiary/aromatic N) is 2. The van der Waals surface area contributed by atoms with E-state index in [0.717, 1.165) is 10.9 Å². The highest BCUT2D eigenvalue weighted by atomic mass is 35.5. The minimum absolute atomic E-state index is 0.0756. The maximum absolute atomic E-state index is 12.9. The van der Waals surface area contributed by atoms with E-state index < -0.39 is 5.97 Å². The SMILES string of the molecule is Cc1ccc2c(c1)c(CC(=O)O)c(C)n2C(=O)c1ccc(Cl)cc1.OCc1cccc(CO)n1. The van der Waals surface area contributed by atoms with Gasteiger partial charge in [-0.05, 0) is 67.9 Å². The molecule has 0 aliphatic carbocycles. The van der Waals surface area contributed by atoms with Crippen molar-refractivity contribution in [3.8, 4) is 0 Å². The van der Waals surface area contributed by atoms with Crippen molar-refractivity contribution in [1.29, 1.82) is 0 Å². The number of carboxylic acid groups (broad SMARTS) is 1. The van der Waals surface area contributed by atoms with Crippen LogP contribution >= 0.6 is 11.6 Å². The van der Waals surface area contributed by atoms with Gasteiger partial charge in [-0.3, -0.25) is 19.1 Å². The van der Waals surface area contributed by atoms with Gasteiger partial charge in [-0.1, -0.05) is 29.3 Å². The second-order valence-electron chi connectivity index (χ2n) is 7.74. The van der Waals surface area contributed by atoms with Gasteiger partial charge in [-0.2, -0.15) is 0 Å². The number of carboxylic acids is 1. The van der Waals surface area contributed by atoms with Gasteiger partial charge in [0.1, 0.15) is 0 Å². The van der Waals surface area contributed by atoms with Crippen LogP contribution in [0.2, 0.25) is 5.02 Å². The number of aryl methyl sites for hydroxylation is 1. The highest BCUT2D eigenvalue weighted by molar-refractivity contribution is 6.30. The van der Waals surface area contributed by atoms with E-state index in [1.165, 1.54) is 0 Å². The summed E-state index contributed by atoms with van der Waals surface area (Å²) in [5.41, 5.74) is 4.74. The van der Waals surface area contributed by atoms with Crippen LogP contribution in [0.25, 0.3) is 10.9 Å². The molecule has 0 fully saturated rings. The summed E-state index contributed by atoms with van der Waals surface area (Å²) in [6, 6.07) is 17.5. The van der Waals surface area contributed by atoms with E-state index in [9.17, 15) is 14.7 Å². The first-order chi connectivity index (χ1) is 16.2. The van der Waals surface area contributed by atoms with Gasteiger partial charge in [0.15, 0.2) is 0 Å². The summed E-state index contributed by atoms with van der Waals surface area (Å²) in [6.07, 6.45) is -0.118. The third-order valence-electron chi connectivity index (χ3n) is 5.30. The predicted molar refractivity (Wildman–Crippen MR) is 130 cm³/mol. The fourth-order valence-corrected chi connectivity index (χ4v) is 3.79. The molecule has 0 saturated heterocycles. The average molecular weight is 481 g/mol. The number of benzene rings is 2. The molecular weight excluding hydrogens is 456 g/mol. The largest absolute Gasteiger partial charge is 0.481 e. The molecule has 2 aromatic carbocycles. The Kier molecular flexibility index (Phi) is 8.17. The van der Waals surface area contributed by atoms with E-state index in [0.29, 0.717) is 38.7 Å². The number of carbonyl (C=O) groups is 2. The molecule has 2 aromatic heterocycles. The molecule has 8 heteroatoms. The second-order valence-corrected chi connectivity index (χ2v) is 8.18. The molecule has 0 aliphatic rings.